The first-order valence-electron chi connectivity index (χ1n) is 4.12. The molecule has 0 heterocycles. The minimum Gasteiger partial charge on any atom is -0.328 e. The molecule has 10 heavy (non-hydrogen) atoms. The Bertz CT molecular complexity index is 101. The van der Waals surface area contributed by atoms with Crippen molar-refractivity contribution >= 4 is 0 Å². The second-order valence-electron chi connectivity index (χ2n) is 3.54. The summed E-state index contributed by atoms with van der Waals surface area (Å²) in [5.74, 6) is 0. The Morgan fingerprint density at radius 1 is 1.30 bits per heavy atom. The fourth-order valence-electron chi connectivity index (χ4n) is 1.67. The smallest absolute Gasteiger partial charge is 0.0104 e. The fourth-order valence-corrected chi connectivity index (χ4v) is 1.67. The largest absolute Gasteiger partial charge is 0.328 e. The van der Waals surface area contributed by atoms with E-state index in [1.165, 1.54) is 25.7 Å². The van der Waals surface area contributed by atoms with Gasteiger partial charge in [0.05, 0.1) is 0 Å². The third-order valence-electron chi connectivity index (χ3n) is 2.42. The monoisotopic (exact) mass is 142 g/mol. The van der Waals surface area contributed by atoms with Crippen LogP contribution in [0, 0.1) is 0 Å². The zero-order valence-corrected chi connectivity index (χ0v) is 7.01. The molecule has 0 radical (unpaired) electrons. The molecule has 0 aromatic rings. The second-order valence-corrected chi connectivity index (χ2v) is 3.54. The summed E-state index contributed by atoms with van der Waals surface area (Å²) >= 11 is 0. The Balaban J connectivity index is 2.32. The molecule has 1 fully saturated rings. The molecule has 0 saturated heterocycles. The third-order valence-corrected chi connectivity index (χ3v) is 2.42. The van der Waals surface area contributed by atoms with Crippen molar-refractivity contribution in [1.82, 2.24) is 4.90 Å². The Morgan fingerprint density at radius 3 is 2.40 bits per heavy atom. The van der Waals surface area contributed by atoms with E-state index in [9.17, 15) is 0 Å². The molecule has 2 N–H and O–H groups in total. The third kappa shape index (κ3) is 1.96. The van der Waals surface area contributed by atoms with E-state index in [0.29, 0.717) is 6.04 Å². The van der Waals surface area contributed by atoms with Crippen LogP contribution >= 0.6 is 0 Å². The molecule has 0 amide bonds. The highest BCUT2D eigenvalue weighted by atomic mass is 15.1. The van der Waals surface area contributed by atoms with E-state index in [4.69, 9.17) is 5.73 Å². The van der Waals surface area contributed by atoms with Gasteiger partial charge in [0, 0.05) is 12.1 Å². The quantitative estimate of drug-likeness (QED) is 0.587. The van der Waals surface area contributed by atoms with Crippen LogP contribution in [0.25, 0.3) is 0 Å². The van der Waals surface area contributed by atoms with Gasteiger partial charge in [-0.2, -0.15) is 0 Å². The van der Waals surface area contributed by atoms with Crippen molar-refractivity contribution in [2.75, 3.05) is 14.1 Å². The predicted octanol–water partition coefficient (Wildman–Crippen LogP) is 0.818. The highest BCUT2D eigenvalue weighted by Crippen LogP contribution is 2.19. The van der Waals surface area contributed by atoms with E-state index in [1.807, 2.05) is 0 Å². The van der Waals surface area contributed by atoms with E-state index in [0.717, 1.165) is 6.04 Å². The van der Waals surface area contributed by atoms with Crippen LogP contribution in [0.2, 0.25) is 0 Å². The Hall–Kier alpha value is -0.0800. The van der Waals surface area contributed by atoms with E-state index in [1.54, 1.807) is 0 Å². The van der Waals surface area contributed by atoms with Crippen LogP contribution in [0.5, 0.6) is 0 Å². The van der Waals surface area contributed by atoms with E-state index in [2.05, 4.69) is 19.0 Å². The van der Waals surface area contributed by atoms with Crippen LogP contribution in [0.3, 0.4) is 0 Å². The minimum absolute atomic E-state index is 0.459. The van der Waals surface area contributed by atoms with Crippen molar-refractivity contribution in [3.63, 3.8) is 0 Å². The maximum atomic E-state index is 5.84. The molecule has 0 unspecified atom stereocenters. The molecule has 2 nitrogen and oxygen atoms in total. The highest BCUT2D eigenvalue weighted by molar-refractivity contribution is 4.79. The van der Waals surface area contributed by atoms with Crippen molar-refractivity contribution in [3.8, 4) is 0 Å². The molecule has 0 aromatic carbocycles. The van der Waals surface area contributed by atoms with Gasteiger partial charge in [0.15, 0.2) is 0 Å². The molecule has 1 aliphatic carbocycles. The number of hydrogen-bond acceptors (Lipinski definition) is 2. The Morgan fingerprint density at radius 2 is 2.00 bits per heavy atom. The maximum Gasteiger partial charge on any atom is 0.0104 e. The van der Waals surface area contributed by atoms with Crippen LogP contribution in [-0.2, 0) is 0 Å². The minimum atomic E-state index is 0.459. The number of hydrogen-bond donors (Lipinski definition) is 1. The first kappa shape index (κ1) is 8.02. The molecule has 60 valence electrons. The zero-order valence-electron chi connectivity index (χ0n) is 7.01. The van der Waals surface area contributed by atoms with Gasteiger partial charge < -0.3 is 10.6 Å². The number of nitrogens with zero attached hydrogens (tertiary/aromatic N) is 1. The van der Waals surface area contributed by atoms with Crippen LogP contribution in [0.15, 0.2) is 0 Å². The molecule has 2 heteroatoms. The summed E-state index contributed by atoms with van der Waals surface area (Å²) in [5, 5.41) is 0. The van der Waals surface area contributed by atoms with Gasteiger partial charge >= 0.3 is 0 Å². The summed E-state index contributed by atoms with van der Waals surface area (Å²) in [6.45, 7) is 0. The van der Waals surface area contributed by atoms with Gasteiger partial charge in [-0.25, -0.2) is 0 Å². The van der Waals surface area contributed by atoms with Gasteiger partial charge in [0.2, 0.25) is 0 Å². The van der Waals surface area contributed by atoms with E-state index < -0.39 is 0 Å². The van der Waals surface area contributed by atoms with Gasteiger partial charge in [-0.1, -0.05) is 6.42 Å². The average Bonchev–Trinajstić information content (AvgIpc) is 1.88. The lowest BCUT2D eigenvalue weighted by molar-refractivity contribution is 0.214. The molecule has 0 bridgehead atoms. The number of nitrogens with two attached hydrogens (primary N) is 1. The van der Waals surface area contributed by atoms with Crippen molar-refractivity contribution in [1.29, 1.82) is 0 Å². The Labute approximate surface area is 63.4 Å². The summed E-state index contributed by atoms with van der Waals surface area (Å²) in [6.07, 6.45) is 5.06. The van der Waals surface area contributed by atoms with Gasteiger partial charge in [-0.15, -0.1) is 0 Å². The number of rotatable bonds is 1. The SMILES string of the molecule is CN(C)[C@@H]1CCC[C@H](N)C1. The molecule has 1 aliphatic rings. The van der Waals surface area contributed by atoms with E-state index >= 15 is 0 Å². The van der Waals surface area contributed by atoms with Gasteiger partial charge in [0.1, 0.15) is 0 Å². The predicted molar refractivity (Wildman–Crippen MR) is 43.9 cm³/mol. The van der Waals surface area contributed by atoms with Crippen LogP contribution in [-0.4, -0.2) is 31.1 Å². The standard InChI is InChI=1S/C8H18N2/c1-10(2)8-5-3-4-7(9)6-8/h7-8H,3-6,9H2,1-2H3/t7-,8+/m0/s1. The second kappa shape index (κ2) is 3.35. The normalized spacial score (nSPS) is 34.8. The molecule has 0 spiro atoms. The molecule has 1 saturated carbocycles. The average molecular weight is 142 g/mol. The summed E-state index contributed by atoms with van der Waals surface area (Å²) in [7, 11) is 4.28. The summed E-state index contributed by atoms with van der Waals surface area (Å²) in [4.78, 5) is 2.29. The van der Waals surface area contributed by atoms with Gasteiger partial charge in [0.25, 0.3) is 0 Å². The van der Waals surface area contributed by atoms with Gasteiger partial charge in [-0.05, 0) is 33.4 Å². The lowest BCUT2D eigenvalue weighted by atomic mass is 9.91. The first-order valence-corrected chi connectivity index (χ1v) is 4.12. The van der Waals surface area contributed by atoms with Crippen molar-refractivity contribution in [2.45, 2.75) is 37.8 Å². The van der Waals surface area contributed by atoms with Crippen molar-refractivity contribution in [3.05, 3.63) is 0 Å². The van der Waals surface area contributed by atoms with E-state index in [-0.39, 0.29) is 0 Å². The highest BCUT2D eigenvalue weighted by Gasteiger charge is 2.19. The topological polar surface area (TPSA) is 29.3 Å². The summed E-state index contributed by atoms with van der Waals surface area (Å²) < 4.78 is 0. The summed E-state index contributed by atoms with van der Waals surface area (Å²) in [5.41, 5.74) is 5.84. The fraction of sp³-hybridized carbons (Fsp3) is 1.00. The molecule has 2 atom stereocenters. The lowest BCUT2D eigenvalue weighted by Gasteiger charge is -2.31. The van der Waals surface area contributed by atoms with Crippen LogP contribution < -0.4 is 5.73 Å². The van der Waals surface area contributed by atoms with Crippen LogP contribution in [0.4, 0.5) is 0 Å². The molecular formula is C8H18N2. The Kier molecular flexibility index (Phi) is 2.69. The van der Waals surface area contributed by atoms with Crippen molar-refractivity contribution in [2.24, 2.45) is 5.73 Å². The molecule has 1 rings (SSSR count). The van der Waals surface area contributed by atoms with Crippen molar-refractivity contribution < 1.29 is 0 Å². The zero-order chi connectivity index (χ0) is 7.56. The molecule has 0 aromatic heterocycles. The molecular weight excluding hydrogens is 124 g/mol. The van der Waals surface area contributed by atoms with Gasteiger partial charge in [-0.3, -0.25) is 0 Å². The summed E-state index contributed by atoms with van der Waals surface area (Å²) in [6, 6.07) is 1.20. The lowest BCUT2D eigenvalue weighted by Crippen LogP contribution is -2.38. The first-order chi connectivity index (χ1) is 4.70. The molecule has 0 aliphatic heterocycles. The van der Waals surface area contributed by atoms with Crippen LogP contribution in [0.1, 0.15) is 25.7 Å². The maximum absolute atomic E-state index is 5.84.